The summed E-state index contributed by atoms with van der Waals surface area (Å²) < 4.78 is 39.6. The van der Waals surface area contributed by atoms with Gasteiger partial charge in [-0.25, -0.2) is 4.98 Å². The molecule has 9 heteroatoms. The van der Waals surface area contributed by atoms with Crippen molar-refractivity contribution in [1.82, 2.24) is 14.3 Å². The van der Waals surface area contributed by atoms with Crippen molar-refractivity contribution in [3.63, 3.8) is 0 Å². The maximum atomic E-state index is 12.6. The molecule has 0 amide bonds. The van der Waals surface area contributed by atoms with Gasteiger partial charge in [0.1, 0.15) is 12.2 Å². The van der Waals surface area contributed by atoms with Crippen molar-refractivity contribution >= 4 is 17.1 Å². The summed E-state index contributed by atoms with van der Waals surface area (Å²) in [6.07, 6.45) is 2.07. The molecule has 1 aliphatic heterocycles. The van der Waals surface area contributed by atoms with Crippen LogP contribution in [0.2, 0.25) is 0 Å². The summed E-state index contributed by atoms with van der Waals surface area (Å²) in [5.74, 6) is 0. The molecule has 0 unspecified atom stereocenters. The predicted octanol–water partition coefficient (Wildman–Crippen LogP) is 2.69. The number of nitrogens with zero attached hydrogens (tertiary/aromatic N) is 4. The SMILES string of the molecule is CN1C=CC(=NCC(F)(F)F)C(=C(N)c2cnc3ccc(C(C)(C)O)cn23)C1. The van der Waals surface area contributed by atoms with Crippen LogP contribution in [0.15, 0.2) is 47.4 Å². The molecule has 0 bridgehead atoms. The van der Waals surface area contributed by atoms with Crippen molar-refractivity contribution in [1.29, 1.82) is 0 Å². The summed E-state index contributed by atoms with van der Waals surface area (Å²) in [7, 11) is 1.80. The van der Waals surface area contributed by atoms with Gasteiger partial charge in [0.25, 0.3) is 0 Å². The van der Waals surface area contributed by atoms with Gasteiger partial charge >= 0.3 is 6.18 Å². The van der Waals surface area contributed by atoms with E-state index in [0.29, 0.717) is 29.0 Å². The van der Waals surface area contributed by atoms with Crippen LogP contribution < -0.4 is 5.73 Å². The first-order valence-electron chi connectivity index (χ1n) is 8.65. The van der Waals surface area contributed by atoms with Crippen LogP contribution in [-0.2, 0) is 5.60 Å². The Morgan fingerprint density at radius 2 is 2.04 bits per heavy atom. The molecule has 2 aromatic rings. The third-order valence-corrected chi connectivity index (χ3v) is 4.45. The molecule has 2 aromatic heterocycles. The van der Waals surface area contributed by atoms with Gasteiger partial charge in [-0.2, -0.15) is 13.2 Å². The largest absolute Gasteiger partial charge is 0.407 e. The van der Waals surface area contributed by atoms with E-state index < -0.39 is 18.3 Å². The van der Waals surface area contributed by atoms with Crippen molar-refractivity contribution in [3.05, 3.63) is 53.6 Å². The van der Waals surface area contributed by atoms with Crippen LogP contribution in [0.25, 0.3) is 11.3 Å². The Hall–Kier alpha value is -2.81. The second-order valence-electron chi connectivity index (χ2n) is 7.29. The van der Waals surface area contributed by atoms with Crippen LogP contribution in [0.1, 0.15) is 25.1 Å². The first kappa shape index (κ1) is 19.9. The first-order chi connectivity index (χ1) is 13.0. The molecule has 28 heavy (non-hydrogen) atoms. The molecule has 150 valence electrons. The quantitative estimate of drug-likeness (QED) is 0.841. The third-order valence-electron chi connectivity index (χ3n) is 4.45. The molecular weight excluding hydrogens is 371 g/mol. The summed E-state index contributed by atoms with van der Waals surface area (Å²) in [5.41, 5.74) is 8.07. The molecule has 3 rings (SSSR count). The first-order valence-corrected chi connectivity index (χ1v) is 8.65. The van der Waals surface area contributed by atoms with Gasteiger partial charge in [0.2, 0.25) is 0 Å². The average Bonchev–Trinajstić information content (AvgIpc) is 3.01. The number of imidazole rings is 1. The van der Waals surface area contributed by atoms with Crippen LogP contribution in [0.5, 0.6) is 0 Å². The number of likely N-dealkylation sites (N-methyl/N-ethyl adjacent to an activating group) is 1. The topological polar surface area (TPSA) is 79.1 Å². The van der Waals surface area contributed by atoms with Crippen LogP contribution >= 0.6 is 0 Å². The summed E-state index contributed by atoms with van der Waals surface area (Å²) in [6, 6.07) is 3.52. The molecule has 0 spiro atoms. The van der Waals surface area contributed by atoms with Crippen LogP contribution in [0, 0.1) is 0 Å². The Kier molecular flexibility index (Phi) is 4.97. The molecular formula is C19H22F3N5O. The van der Waals surface area contributed by atoms with E-state index in [2.05, 4.69) is 9.98 Å². The highest BCUT2D eigenvalue weighted by Crippen LogP contribution is 2.25. The lowest BCUT2D eigenvalue weighted by Gasteiger charge is -2.24. The number of fused-ring (bicyclic) bond motifs is 1. The van der Waals surface area contributed by atoms with Crippen molar-refractivity contribution in [2.75, 3.05) is 20.1 Å². The number of alkyl halides is 3. The van der Waals surface area contributed by atoms with Gasteiger partial charge in [0.15, 0.2) is 0 Å². The molecule has 3 heterocycles. The number of rotatable bonds is 3. The van der Waals surface area contributed by atoms with E-state index in [1.165, 1.54) is 6.08 Å². The van der Waals surface area contributed by atoms with Crippen molar-refractivity contribution in [2.45, 2.75) is 25.6 Å². The molecule has 0 aliphatic carbocycles. The van der Waals surface area contributed by atoms with Crippen LogP contribution in [0.4, 0.5) is 13.2 Å². The molecule has 0 radical (unpaired) electrons. The summed E-state index contributed by atoms with van der Waals surface area (Å²) in [4.78, 5) is 9.82. The minimum atomic E-state index is -4.39. The molecule has 6 nitrogen and oxygen atoms in total. The molecule has 0 aromatic carbocycles. The maximum absolute atomic E-state index is 12.6. The molecule has 0 fully saturated rings. The number of hydrogen-bond donors (Lipinski definition) is 2. The number of halogens is 3. The number of pyridine rings is 1. The van der Waals surface area contributed by atoms with Gasteiger partial charge in [-0.1, -0.05) is 6.07 Å². The van der Waals surface area contributed by atoms with E-state index in [9.17, 15) is 18.3 Å². The number of aliphatic hydroxyl groups is 1. The minimum Gasteiger partial charge on any atom is -0.397 e. The summed E-state index contributed by atoms with van der Waals surface area (Å²) in [6.45, 7) is 2.37. The van der Waals surface area contributed by atoms with Gasteiger partial charge in [-0.05, 0) is 31.6 Å². The third kappa shape index (κ3) is 4.19. The van der Waals surface area contributed by atoms with Crippen molar-refractivity contribution in [2.24, 2.45) is 10.7 Å². The lowest BCUT2D eigenvalue weighted by Crippen LogP contribution is -2.27. The van der Waals surface area contributed by atoms with Crippen molar-refractivity contribution < 1.29 is 18.3 Å². The lowest BCUT2D eigenvalue weighted by atomic mass is 10.0. The number of hydrogen-bond acceptors (Lipinski definition) is 5. The Labute approximate surface area is 160 Å². The predicted molar refractivity (Wildman–Crippen MR) is 102 cm³/mol. The van der Waals surface area contributed by atoms with Crippen LogP contribution in [-0.4, -0.2) is 51.4 Å². The van der Waals surface area contributed by atoms with E-state index in [-0.39, 0.29) is 11.4 Å². The lowest BCUT2D eigenvalue weighted by molar-refractivity contribution is -0.118. The molecule has 0 saturated heterocycles. The summed E-state index contributed by atoms with van der Waals surface area (Å²) >= 11 is 0. The highest BCUT2D eigenvalue weighted by Gasteiger charge is 2.28. The fraction of sp³-hybridized carbons (Fsp3) is 0.368. The van der Waals surface area contributed by atoms with Crippen LogP contribution in [0.3, 0.4) is 0 Å². The number of nitrogens with two attached hydrogens (primary N) is 1. The fourth-order valence-electron chi connectivity index (χ4n) is 2.92. The van der Waals surface area contributed by atoms with E-state index >= 15 is 0 Å². The highest BCUT2D eigenvalue weighted by atomic mass is 19.4. The van der Waals surface area contributed by atoms with E-state index in [1.807, 2.05) is 0 Å². The van der Waals surface area contributed by atoms with Gasteiger partial charge in [0.05, 0.1) is 28.9 Å². The van der Waals surface area contributed by atoms with E-state index in [1.54, 1.807) is 60.9 Å². The van der Waals surface area contributed by atoms with E-state index in [0.717, 1.165) is 0 Å². The second-order valence-corrected chi connectivity index (χ2v) is 7.29. The van der Waals surface area contributed by atoms with Gasteiger partial charge in [-0.3, -0.25) is 9.39 Å². The monoisotopic (exact) mass is 393 g/mol. The molecule has 1 aliphatic rings. The smallest absolute Gasteiger partial charge is 0.397 e. The zero-order valence-electron chi connectivity index (χ0n) is 15.8. The maximum Gasteiger partial charge on any atom is 0.407 e. The molecule has 0 atom stereocenters. The molecule has 3 N–H and O–H groups in total. The standard InChI is InChI=1S/C19H22F3N5O/c1-18(2,28)12-4-5-16-24-8-15(27(16)9-12)17(23)13-10-26(3)7-6-14(13)25-11-19(20,21)22/h4-9,28H,10-11,23H2,1-3H3. The van der Waals surface area contributed by atoms with Gasteiger partial charge in [-0.15, -0.1) is 0 Å². The number of aromatic nitrogens is 2. The van der Waals surface area contributed by atoms with Crippen molar-refractivity contribution in [3.8, 4) is 0 Å². The Morgan fingerprint density at radius 3 is 2.68 bits per heavy atom. The highest BCUT2D eigenvalue weighted by molar-refractivity contribution is 6.13. The minimum absolute atomic E-state index is 0.196. The normalized spacial score (nSPS) is 19.0. The Morgan fingerprint density at radius 1 is 1.32 bits per heavy atom. The zero-order valence-corrected chi connectivity index (χ0v) is 15.8. The second kappa shape index (κ2) is 6.97. The average molecular weight is 393 g/mol. The van der Waals surface area contributed by atoms with Gasteiger partial charge in [0, 0.05) is 31.6 Å². The number of allylic oxidation sites excluding steroid dienone is 1. The Balaban J connectivity index is 2.12. The molecule has 0 saturated carbocycles. The summed E-state index contributed by atoms with van der Waals surface area (Å²) in [5, 5.41) is 10.3. The number of aliphatic imine (C=N–C) groups is 1. The fourth-order valence-corrected chi connectivity index (χ4v) is 2.92. The van der Waals surface area contributed by atoms with Gasteiger partial charge < -0.3 is 15.7 Å². The zero-order chi connectivity index (χ0) is 20.7. The van der Waals surface area contributed by atoms with E-state index in [4.69, 9.17) is 5.73 Å². The Bertz CT molecular complexity index is 980.